The number of nitrogens with one attached hydrogen (secondary N) is 1. The quantitative estimate of drug-likeness (QED) is 0.837. The van der Waals surface area contributed by atoms with Crippen molar-refractivity contribution >= 4 is 29.3 Å². The standard InChI is InChI=1S/C11H12ClN3O3/c1-2-10(17)18-9-6-8(16)14-15(9)11-7(12)4-3-5-13-11/h3-5,9H,2,6H2,1H3,(H,14,16). The SMILES string of the molecule is CCC(=O)OC1CC(=O)NN1c1ncccc1Cl. The number of carbonyl (C=O) groups excluding carboxylic acids is 2. The van der Waals surface area contributed by atoms with Crippen LogP contribution in [0.4, 0.5) is 5.82 Å². The molecule has 96 valence electrons. The molecule has 0 bridgehead atoms. The molecule has 0 aliphatic carbocycles. The van der Waals surface area contributed by atoms with Crippen LogP contribution in [-0.4, -0.2) is 23.1 Å². The third-order valence-corrected chi connectivity index (χ3v) is 2.71. The Balaban J connectivity index is 2.22. The molecule has 1 amide bonds. The minimum absolute atomic E-state index is 0.0681. The van der Waals surface area contributed by atoms with Gasteiger partial charge in [-0.1, -0.05) is 18.5 Å². The molecular formula is C11H12ClN3O3. The Kier molecular flexibility index (Phi) is 3.66. The zero-order valence-electron chi connectivity index (χ0n) is 9.72. The molecule has 1 N–H and O–H groups in total. The van der Waals surface area contributed by atoms with Crippen molar-refractivity contribution in [2.24, 2.45) is 0 Å². The minimum atomic E-state index is -0.711. The number of hydrogen-bond donors (Lipinski definition) is 1. The second-order valence-corrected chi connectivity index (χ2v) is 4.12. The van der Waals surface area contributed by atoms with Gasteiger partial charge in [0.15, 0.2) is 5.82 Å². The highest BCUT2D eigenvalue weighted by atomic mass is 35.5. The molecule has 2 rings (SSSR count). The molecule has 6 nitrogen and oxygen atoms in total. The molecule has 0 saturated carbocycles. The van der Waals surface area contributed by atoms with E-state index in [4.69, 9.17) is 16.3 Å². The summed E-state index contributed by atoms with van der Waals surface area (Å²) in [6, 6.07) is 3.32. The molecule has 7 heteroatoms. The number of carbonyl (C=O) groups is 2. The van der Waals surface area contributed by atoms with Crippen LogP contribution >= 0.6 is 11.6 Å². The number of anilines is 1. The molecule has 1 aromatic heterocycles. The van der Waals surface area contributed by atoms with Gasteiger partial charge in [0.05, 0.1) is 11.4 Å². The highest BCUT2D eigenvalue weighted by molar-refractivity contribution is 6.33. The van der Waals surface area contributed by atoms with Gasteiger partial charge in [0.25, 0.3) is 0 Å². The van der Waals surface area contributed by atoms with Crippen LogP contribution in [0.1, 0.15) is 19.8 Å². The molecule has 1 aromatic rings. The van der Waals surface area contributed by atoms with Gasteiger partial charge in [-0.05, 0) is 12.1 Å². The Morgan fingerprint density at radius 1 is 1.72 bits per heavy atom. The van der Waals surface area contributed by atoms with Gasteiger partial charge in [-0.2, -0.15) is 0 Å². The average molecular weight is 270 g/mol. The first-order valence-electron chi connectivity index (χ1n) is 5.50. The van der Waals surface area contributed by atoms with Gasteiger partial charge in [-0.3, -0.25) is 15.0 Å². The number of nitrogens with zero attached hydrogens (tertiary/aromatic N) is 2. The Morgan fingerprint density at radius 3 is 3.17 bits per heavy atom. The van der Waals surface area contributed by atoms with Gasteiger partial charge in [0, 0.05) is 12.6 Å². The van der Waals surface area contributed by atoms with Crippen molar-refractivity contribution in [1.82, 2.24) is 10.4 Å². The molecule has 1 saturated heterocycles. The zero-order chi connectivity index (χ0) is 13.1. The Labute approximate surface area is 109 Å². The zero-order valence-corrected chi connectivity index (χ0v) is 10.5. The maximum atomic E-state index is 11.4. The summed E-state index contributed by atoms with van der Waals surface area (Å²) >= 11 is 5.99. The fraction of sp³-hybridized carbons (Fsp3) is 0.364. The van der Waals surface area contributed by atoms with Crippen LogP contribution in [0.3, 0.4) is 0 Å². The van der Waals surface area contributed by atoms with Gasteiger partial charge in [-0.25, -0.2) is 9.99 Å². The van der Waals surface area contributed by atoms with Gasteiger partial charge in [-0.15, -0.1) is 0 Å². The second-order valence-electron chi connectivity index (χ2n) is 3.72. The molecule has 0 spiro atoms. The Bertz CT molecular complexity index is 480. The number of halogens is 1. The van der Waals surface area contributed by atoms with E-state index >= 15 is 0 Å². The summed E-state index contributed by atoms with van der Waals surface area (Å²) in [5, 5.41) is 1.75. The van der Waals surface area contributed by atoms with Crippen LogP contribution in [0.15, 0.2) is 18.3 Å². The van der Waals surface area contributed by atoms with Crippen molar-refractivity contribution < 1.29 is 14.3 Å². The monoisotopic (exact) mass is 269 g/mol. The fourth-order valence-electron chi connectivity index (χ4n) is 1.58. The molecule has 0 radical (unpaired) electrons. The third-order valence-electron chi connectivity index (χ3n) is 2.42. The van der Waals surface area contributed by atoms with E-state index in [1.165, 1.54) is 5.01 Å². The first-order chi connectivity index (χ1) is 8.61. The van der Waals surface area contributed by atoms with Crippen molar-refractivity contribution in [3.8, 4) is 0 Å². The predicted octanol–water partition coefficient (Wildman–Crippen LogP) is 1.26. The van der Waals surface area contributed by atoms with E-state index < -0.39 is 6.23 Å². The number of hydrogen-bond acceptors (Lipinski definition) is 5. The van der Waals surface area contributed by atoms with E-state index in [0.717, 1.165) is 0 Å². The van der Waals surface area contributed by atoms with Crippen molar-refractivity contribution in [2.75, 3.05) is 5.01 Å². The van der Waals surface area contributed by atoms with Crippen molar-refractivity contribution in [3.63, 3.8) is 0 Å². The summed E-state index contributed by atoms with van der Waals surface area (Å²) in [4.78, 5) is 26.8. The summed E-state index contributed by atoms with van der Waals surface area (Å²) in [6.07, 6.45) is 1.15. The summed E-state index contributed by atoms with van der Waals surface area (Å²) < 4.78 is 5.16. The van der Waals surface area contributed by atoms with Crippen LogP contribution in [0.5, 0.6) is 0 Å². The Hall–Kier alpha value is -1.82. The fourth-order valence-corrected chi connectivity index (χ4v) is 1.79. The first kappa shape index (κ1) is 12.6. The van der Waals surface area contributed by atoms with E-state index in [-0.39, 0.29) is 24.7 Å². The maximum Gasteiger partial charge on any atom is 0.307 e. The van der Waals surface area contributed by atoms with Crippen LogP contribution in [-0.2, 0) is 14.3 Å². The van der Waals surface area contributed by atoms with Crippen LogP contribution in [0, 0.1) is 0 Å². The summed E-state index contributed by atoms with van der Waals surface area (Å²) in [5.74, 6) is -0.266. The largest absolute Gasteiger partial charge is 0.439 e. The highest BCUT2D eigenvalue weighted by Gasteiger charge is 2.35. The first-order valence-corrected chi connectivity index (χ1v) is 5.88. The third kappa shape index (κ3) is 2.53. The van der Waals surface area contributed by atoms with E-state index in [1.54, 1.807) is 25.3 Å². The lowest BCUT2D eigenvalue weighted by Gasteiger charge is -2.24. The van der Waals surface area contributed by atoms with Crippen LogP contribution < -0.4 is 10.4 Å². The molecule has 1 atom stereocenters. The number of amides is 1. The van der Waals surface area contributed by atoms with Crippen LogP contribution in [0.2, 0.25) is 5.02 Å². The predicted molar refractivity (Wildman–Crippen MR) is 64.7 cm³/mol. The lowest BCUT2D eigenvalue weighted by molar-refractivity contribution is -0.148. The molecule has 18 heavy (non-hydrogen) atoms. The molecule has 1 aliphatic heterocycles. The van der Waals surface area contributed by atoms with E-state index in [2.05, 4.69) is 10.4 Å². The van der Waals surface area contributed by atoms with Crippen molar-refractivity contribution in [3.05, 3.63) is 23.4 Å². The molecule has 1 aliphatic rings. The number of pyridine rings is 1. The van der Waals surface area contributed by atoms with Gasteiger partial charge in [0.2, 0.25) is 12.1 Å². The smallest absolute Gasteiger partial charge is 0.307 e. The molecule has 1 fully saturated rings. The molecule has 1 unspecified atom stereocenters. The Morgan fingerprint density at radius 2 is 2.50 bits per heavy atom. The molecule has 0 aromatic carbocycles. The highest BCUT2D eigenvalue weighted by Crippen LogP contribution is 2.26. The summed E-state index contributed by atoms with van der Waals surface area (Å²) in [6.45, 7) is 1.69. The second kappa shape index (κ2) is 5.22. The average Bonchev–Trinajstić information content (AvgIpc) is 2.70. The number of ether oxygens (including phenoxy) is 1. The van der Waals surface area contributed by atoms with E-state index in [1.807, 2.05) is 0 Å². The minimum Gasteiger partial charge on any atom is -0.439 e. The number of esters is 1. The topological polar surface area (TPSA) is 71.5 Å². The van der Waals surface area contributed by atoms with Gasteiger partial charge in [0.1, 0.15) is 0 Å². The number of aromatic nitrogens is 1. The van der Waals surface area contributed by atoms with E-state index in [0.29, 0.717) is 10.8 Å². The van der Waals surface area contributed by atoms with Crippen molar-refractivity contribution in [2.45, 2.75) is 26.0 Å². The summed E-state index contributed by atoms with van der Waals surface area (Å²) in [5.41, 5.74) is 2.56. The lowest BCUT2D eigenvalue weighted by atomic mass is 10.3. The number of hydrazine groups is 1. The normalized spacial score (nSPS) is 18.7. The lowest BCUT2D eigenvalue weighted by Crippen LogP contribution is -2.41. The van der Waals surface area contributed by atoms with E-state index in [9.17, 15) is 9.59 Å². The van der Waals surface area contributed by atoms with Crippen molar-refractivity contribution in [1.29, 1.82) is 0 Å². The molecule has 2 heterocycles. The van der Waals surface area contributed by atoms with Gasteiger partial charge < -0.3 is 4.74 Å². The molecular weight excluding hydrogens is 258 g/mol. The van der Waals surface area contributed by atoms with Gasteiger partial charge >= 0.3 is 5.97 Å². The summed E-state index contributed by atoms with van der Waals surface area (Å²) in [7, 11) is 0. The maximum absolute atomic E-state index is 11.4. The van der Waals surface area contributed by atoms with Crippen LogP contribution in [0.25, 0.3) is 0 Å². The number of rotatable bonds is 3.